The third-order valence-corrected chi connectivity index (χ3v) is 7.15. The van der Waals surface area contributed by atoms with Gasteiger partial charge in [-0.1, -0.05) is 41.5 Å². The monoisotopic (exact) mass is 499 g/mol. The van der Waals surface area contributed by atoms with E-state index in [4.69, 9.17) is 4.74 Å². The number of aliphatic hydroxyl groups is 1. The molecule has 1 aromatic heterocycles. The van der Waals surface area contributed by atoms with Crippen LogP contribution in [-0.2, 0) is 11.3 Å². The Labute approximate surface area is 216 Å². The third-order valence-electron chi connectivity index (χ3n) is 7.15. The zero-order valence-electron chi connectivity index (χ0n) is 23.3. The number of nitrogens with zero attached hydrogens (tertiary/aromatic N) is 3. The normalized spacial score (nSPS) is 18.9. The highest BCUT2D eigenvalue weighted by Gasteiger charge is 2.31. The fourth-order valence-electron chi connectivity index (χ4n) is 4.64. The quantitative estimate of drug-likeness (QED) is 0.462. The van der Waals surface area contributed by atoms with Crippen LogP contribution >= 0.6 is 0 Å². The molecule has 2 aromatic rings. The molecule has 1 N–H and O–H groups in total. The zero-order chi connectivity index (χ0) is 26.7. The lowest BCUT2D eigenvalue weighted by Crippen LogP contribution is -2.38. The molecule has 0 bridgehead atoms. The van der Waals surface area contributed by atoms with E-state index < -0.39 is 0 Å². The lowest BCUT2D eigenvalue weighted by Gasteiger charge is -2.30. The van der Waals surface area contributed by atoms with Crippen molar-refractivity contribution in [2.75, 3.05) is 20.2 Å². The SMILES string of the molecule is COc1ccc2nc(C(=O)C3CCC(O)CC3)n(CC(=O)N(CCC(C)(C)C)CCC(C)(C)C)c2c1. The standard InChI is InChI=1S/C29H45N3O4/c1-28(2,3)14-16-31(17-15-29(4,5)6)25(34)19-32-24-18-22(36-7)12-13-23(24)30-27(32)26(35)20-8-10-21(33)11-9-20/h12-13,18,20-21,33H,8-11,14-17,19H2,1-7H3. The van der Waals surface area contributed by atoms with Crippen LogP contribution in [0.1, 0.15) is 90.7 Å². The summed E-state index contributed by atoms with van der Waals surface area (Å²) in [4.78, 5) is 34.0. The summed E-state index contributed by atoms with van der Waals surface area (Å²) in [6.45, 7) is 14.5. The molecule has 7 heteroatoms. The number of Topliss-reactive ketones (excluding diaryl/α,β-unsaturated/α-hetero) is 1. The minimum atomic E-state index is -0.335. The molecule has 1 heterocycles. The smallest absolute Gasteiger partial charge is 0.242 e. The zero-order valence-corrected chi connectivity index (χ0v) is 23.3. The van der Waals surface area contributed by atoms with Crippen LogP contribution in [0.15, 0.2) is 18.2 Å². The highest BCUT2D eigenvalue weighted by atomic mass is 16.5. The molecule has 1 aliphatic carbocycles. The summed E-state index contributed by atoms with van der Waals surface area (Å²) in [5.74, 6) is 0.770. The number of aromatic nitrogens is 2. The summed E-state index contributed by atoms with van der Waals surface area (Å²) in [5, 5.41) is 9.91. The van der Waals surface area contributed by atoms with Gasteiger partial charge in [0, 0.05) is 25.1 Å². The number of carbonyl (C=O) groups is 2. The van der Waals surface area contributed by atoms with Crippen molar-refractivity contribution in [3.8, 4) is 5.75 Å². The number of rotatable bonds is 9. The van der Waals surface area contributed by atoms with Gasteiger partial charge in [0.05, 0.1) is 24.2 Å². The van der Waals surface area contributed by atoms with Crippen molar-refractivity contribution in [1.82, 2.24) is 14.5 Å². The van der Waals surface area contributed by atoms with Crippen molar-refractivity contribution in [2.45, 2.75) is 92.7 Å². The Kier molecular flexibility index (Phi) is 8.86. The third kappa shape index (κ3) is 7.55. The van der Waals surface area contributed by atoms with Gasteiger partial charge in [-0.15, -0.1) is 0 Å². The van der Waals surface area contributed by atoms with Crippen LogP contribution in [0.2, 0.25) is 0 Å². The largest absolute Gasteiger partial charge is 0.497 e. The van der Waals surface area contributed by atoms with E-state index in [2.05, 4.69) is 46.5 Å². The first kappa shape index (κ1) is 28.2. The fraction of sp³-hybridized carbons (Fsp3) is 0.690. The Morgan fingerprint density at radius 2 is 1.61 bits per heavy atom. The molecule has 0 saturated heterocycles. The molecule has 0 unspecified atom stereocenters. The van der Waals surface area contributed by atoms with Crippen LogP contribution in [-0.4, -0.2) is 57.6 Å². The van der Waals surface area contributed by atoms with Gasteiger partial charge >= 0.3 is 0 Å². The number of ketones is 1. The van der Waals surface area contributed by atoms with E-state index in [9.17, 15) is 14.7 Å². The number of amides is 1. The maximum absolute atomic E-state index is 13.7. The summed E-state index contributed by atoms with van der Waals surface area (Å²) >= 11 is 0. The average molecular weight is 500 g/mol. The van der Waals surface area contributed by atoms with Crippen LogP contribution in [0.4, 0.5) is 0 Å². The molecule has 3 rings (SSSR count). The number of aliphatic hydroxyl groups excluding tert-OH is 1. The minimum Gasteiger partial charge on any atom is -0.497 e. The van der Waals surface area contributed by atoms with E-state index in [-0.39, 0.29) is 41.1 Å². The molecule has 200 valence electrons. The minimum absolute atomic E-state index is 0.00117. The number of hydrogen-bond acceptors (Lipinski definition) is 5. The van der Waals surface area contributed by atoms with Gasteiger partial charge < -0.3 is 19.3 Å². The first-order valence-electron chi connectivity index (χ1n) is 13.3. The number of fused-ring (bicyclic) bond motifs is 1. The van der Waals surface area contributed by atoms with Gasteiger partial charge in [-0.25, -0.2) is 4.98 Å². The number of carbonyl (C=O) groups excluding carboxylic acids is 2. The summed E-state index contributed by atoms with van der Waals surface area (Å²) < 4.78 is 7.22. The van der Waals surface area contributed by atoms with Crippen molar-refractivity contribution in [2.24, 2.45) is 16.7 Å². The highest BCUT2D eigenvalue weighted by molar-refractivity contribution is 5.99. The fourth-order valence-corrected chi connectivity index (χ4v) is 4.64. The van der Waals surface area contributed by atoms with Gasteiger partial charge in [-0.3, -0.25) is 9.59 Å². The van der Waals surface area contributed by atoms with Gasteiger partial charge in [0.15, 0.2) is 5.82 Å². The number of hydrogen-bond donors (Lipinski definition) is 1. The Bertz CT molecular complexity index is 1030. The second kappa shape index (κ2) is 11.3. The van der Waals surface area contributed by atoms with Crippen LogP contribution in [0.3, 0.4) is 0 Å². The number of benzene rings is 1. The second-order valence-electron chi connectivity index (χ2n) is 12.7. The Hall–Kier alpha value is -2.41. The lowest BCUT2D eigenvalue weighted by molar-refractivity contribution is -0.132. The highest BCUT2D eigenvalue weighted by Crippen LogP contribution is 2.30. The summed E-state index contributed by atoms with van der Waals surface area (Å²) in [7, 11) is 1.60. The number of ether oxygens (including phenoxy) is 1. The summed E-state index contributed by atoms with van der Waals surface area (Å²) in [6, 6.07) is 5.52. The molecule has 0 radical (unpaired) electrons. The van der Waals surface area contributed by atoms with Gasteiger partial charge in [-0.2, -0.15) is 0 Å². The van der Waals surface area contributed by atoms with E-state index in [1.807, 2.05) is 23.1 Å². The van der Waals surface area contributed by atoms with E-state index in [1.165, 1.54) is 0 Å². The van der Waals surface area contributed by atoms with Crippen LogP contribution in [0.25, 0.3) is 11.0 Å². The van der Waals surface area contributed by atoms with Gasteiger partial charge in [0.1, 0.15) is 12.3 Å². The van der Waals surface area contributed by atoms with Crippen LogP contribution in [0.5, 0.6) is 5.75 Å². The predicted molar refractivity (Wildman–Crippen MR) is 143 cm³/mol. The molecule has 1 fully saturated rings. The van der Waals surface area contributed by atoms with Crippen molar-refractivity contribution >= 4 is 22.7 Å². The molecule has 0 spiro atoms. The van der Waals surface area contributed by atoms with Gasteiger partial charge in [-0.05, 0) is 61.5 Å². The van der Waals surface area contributed by atoms with Crippen molar-refractivity contribution in [3.63, 3.8) is 0 Å². The molecule has 1 aromatic carbocycles. The lowest BCUT2D eigenvalue weighted by atomic mass is 9.84. The molecule has 0 aliphatic heterocycles. The first-order chi connectivity index (χ1) is 16.8. The predicted octanol–water partition coefficient (Wildman–Crippen LogP) is 5.48. The van der Waals surface area contributed by atoms with E-state index in [1.54, 1.807) is 11.7 Å². The molecule has 1 amide bonds. The summed E-state index contributed by atoms with van der Waals surface area (Å²) in [5.41, 5.74) is 1.64. The second-order valence-corrected chi connectivity index (χ2v) is 12.7. The van der Waals surface area contributed by atoms with Crippen molar-refractivity contribution < 1.29 is 19.4 Å². The maximum atomic E-state index is 13.7. The van der Waals surface area contributed by atoms with Crippen LogP contribution in [0, 0.1) is 16.7 Å². The molecular formula is C29H45N3O4. The molecule has 1 saturated carbocycles. The molecular weight excluding hydrogens is 454 g/mol. The molecule has 0 atom stereocenters. The Balaban J connectivity index is 1.94. The molecule has 36 heavy (non-hydrogen) atoms. The topological polar surface area (TPSA) is 84.7 Å². The Morgan fingerprint density at radius 1 is 1.03 bits per heavy atom. The average Bonchev–Trinajstić information content (AvgIpc) is 3.15. The van der Waals surface area contributed by atoms with Gasteiger partial charge in [0.25, 0.3) is 0 Å². The molecule has 7 nitrogen and oxygen atoms in total. The van der Waals surface area contributed by atoms with Crippen molar-refractivity contribution in [1.29, 1.82) is 0 Å². The molecule has 1 aliphatic rings. The van der Waals surface area contributed by atoms with E-state index in [0.717, 1.165) is 18.4 Å². The van der Waals surface area contributed by atoms with Gasteiger partial charge in [0.2, 0.25) is 11.7 Å². The first-order valence-corrected chi connectivity index (χ1v) is 13.3. The van der Waals surface area contributed by atoms with E-state index in [0.29, 0.717) is 55.9 Å². The Morgan fingerprint density at radius 3 is 2.14 bits per heavy atom. The number of methoxy groups -OCH3 is 1. The summed E-state index contributed by atoms with van der Waals surface area (Å²) in [6.07, 6.45) is 3.99. The van der Waals surface area contributed by atoms with E-state index >= 15 is 0 Å². The van der Waals surface area contributed by atoms with Crippen molar-refractivity contribution in [3.05, 3.63) is 24.0 Å². The van der Waals surface area contributed by atoms with Crippen LogP contribution < -0.4 is 4.74 Å². The maximum Gasteiger partial charge on any atom is 0.242 e. The number of imidazole rings is 1.